The molecule has 0 saturated heterocycles. The maximum absolute atomic E-state index is 12.1. The second-order valence-corrected chi connectivity index (χ2v) is 6.66. The topological polar surface area (TPSA) is 80.7 Å². The lowest BCUT2D eigenvalue weighted by atomic mass is 10.1. The normalized spacial score (nSPS) is 13.6. The molecule has 0 aliphatic rings. The van der Waals surface area contributed by atoms with Gasteiger partial charge in [0.05, 0.1) is 16.6 Å². The average molecular weight is 340 g/mol. The van der Waals surface area contributed by atoms with Gasteiger partial charge in [-0.1, -0.05) is 13.3 Å². The van der Waals surface area contributed by atoms with Crippen LogP contribution >= 0.6 is 0 Å². The minimum absolute atomic E-state index is 0.198. The van der Waals surface area contributed by atoms with Crippen molar-refractivity contribution in [2.24, 2.45) is 5.92 Å². The van der Waals surface area contributed by atoms with Crippen molar-refractivity contribution in [2.45, 2.75) is 31.0 Å². The highest BCUT2D eigenvalue weighted by Gasteiger charge is 2.31. The number of aliphatic carboxylic acids is 1. The van der Waals surface area contributed by atoms with E-state index in [1.54, 1.807) is 6.92 Å². The zero-order valence-electron chi connectivity index (χ0n) is 11.6. The van der Waals surface area contributed by atoms with Gasteiger partial charge in [0.25, 0.3) is 0 Å². The van der Waals surface area contributed by atoms with Crippen LogP contribution in [0.4, 0.5) is 13.2 Å². The van der Waals surface area contributed by atoms with Crippen LogP contribution in [0.5, 0.6) is 5.75 Å². The van der Waals surface area contributed by atoms with Crippen LogP contribution < -0.4 is 4.74 Å². The van der Waals surface area contributed by atoms with Crippen LogP contribution in [0.1, 0.15) is 19.8 Å². The van der Waals surface area contributed by atoms with Crippen LogP contribution in [0, 0.1) is 5.92 Å². The van der Waals surface area contributed by atoms with Gasteiger partial charge >= 0.3 is 12.3 Å². The van der Waals surface area contributed by atoms with Crippen molar-refractivity contribution in [2.75, 3.05) is 5.75 Å². The van der Waals surface area contributed by atoms with E-state index < -0.39 is 39.6 Å². The molecule has 0 aliphatic carbocycles. The molecule has 1 aromatic carbocycles. The molecule has 1 N–H and O–H groups in total. The van der Waals surface area contributed by atoms with Crippen molar-refractivity contribution < 1.29 is 36.2 Å². The SMILES string of the molecule is CCCC(CS(=O)(=O)c1ccc(OC(F)(F)F)cc1)C(=O)O. The minimum atomic E-state index is -4.87. The summed E-state index contributed by atoms with van der Waals surface area (Å²) in [5.41, 5.74) is 0. The summed E-state index contributed by atoms with van der Waals surface area (Å²) in [6.45, 7) is 1.73. The van der Waals surface area contributed by atoms with Crippen molar-refractivity contribution in [1.29, 1.82) is 0 Å². The summed E-state index contributed by atoms with van der Waals surface area (Å²) in [7, 11) is -3.90. The molecule has 22 heavy (non-hydrogen) atoms. The van der Waals surface area contributed by atoms with Gasteiger partial charge in [-0.3, -0.25) is 4.79 Å². The molecule has 0 saturated carbocycles. The molecule has 9 heteroatoms. The standard InChI is InChI=1S/C13H15F3O5S/c1-2-3-9(12(17)18)8-22(19,20)11-6-4-10(5-7-11)21-13(14,15)16/h4-7,9H,2-3,8H2,1H3,(H,17,18). The molecule has 0 bridgehead atoms. The van der Waals surface area contributed by atoms with E-state index in [0.717, 1.165) is 24.3 Å². The maximum Gasteiger partial charge on any atom is 0.573 e. The summed E-state index contributed by atoms with van der Waals surface area (Å²) in [5.74, 6) is -3.42. The van der Waals surface area contributed by atoms with E-state index in [1.165, 1.54) is 0 Å². The van der Waals surface area contributed by atoms with Crippen LogP contribution in [0.2, 0.25) is 0 Å². The predicted molar refractivity (Wildman–Crippen MR) is 71.2 cm³/mol. The van der Waals surface area contributed by atoms with E-state index in [2.05, 4.69) is 4.74 Å². The molecule has 0 heterocycles. The van der Waals surface area contributed by atoms with Crippen LogP contribution in [0.3, 0.4) is 0 Å². The second kappa shape index (κ2) is 6.99. The number of alkyl halides is 3. The molecule has 0 amide bonds. The number of ether oxygens (including phenoxy) is 1. The Morgan fingerprint density at radius 1 is 1.27 bits per heavy atom. The molecule has 1 unspecified atom stereocenters. The molecule has 5 nitrogen and oxygen atoms in total. The molecule has 0 fully saturated rings. The Morgan fingerprint density at radius 2 is 1.82 bits per heavy atom. The number of carbonyl (C=O) groups is 1. The Labute approximate surface area is 125 Å². The second-order valence-electron chi connectivity index (χ2n) is 4.62. The molecule has 0 spiro atoms. The monoisotopic (exact) mass is 340 g/mol. The summed E-state index contributed by atoms with van der Waals surface area (Å²) >= 11 is 0. The lowest BCUT2D eigenvalue weighted by molar-refractivity contribution is -0.274. The lowest BCUT2D eigenvalue weighted by Crippen LogP contribution is -2.23. The Balaban J connectivity index is 2.91. The van der Waals surface area contributed by atoms with E-state index in [-0.39, 0.29) is 11.3 Å². The molecule has 0 aliphatic heterocycles. The van der Waals surface area contributed by atoms with Gasteiger partial charge in [-0.15, -0.1) is 13.2 Å². The number of hydrogen-bond acceptors (Lipinski definition) is 4. The maximum atomic E-state index is 12.1. The van der Waals surface area contributed by atoms with Gasteiger partial charge in [0.15, 0.2) is 9.84 Å². The molecule has 1 aromatic rings. The first-order valence-corrected chi connectivity index (χ1v) is 8.01. The Kier molecular flexibility index (Phi) is 5.81. The van der Waals surface area contributed by atoms with Crippen LogP contribution in [-0.2, 0) is 14.6 Å². The minimum Gasteiger partial charge on any atom is -0.481 e. The third-order valence-electron chi connectivity index (χ3n) is 2.82. The van der Waals surface area contributed by atoms with E-state index in [9.17, 15) is 26.4 Å². The third kappa shape index (κ3) is 5.55. The van der Waals surface area contributed by atoms with E-state index >= 15 is 0 Å². The van der Waals surface area contributed by atoms with Crippen molar-refractivity contribution in [3.05, 3.63) is 24.3 Å². The number of hydrogen-bond donors (Lipinski definition) is 1. The fourth-order valence-electron chi connectivity index (χ4n) is 1.84. The highest BCUT2D eigenvalue weighted by molar-refractivity contribution is 7.91. The van der Waals surface area contributed by atoms with E-state index in [0.29, 0.717) is 6.42 Å². The number of benzene rings is 1. The number of sulfone groups is 1. The third-order valence-corrected chi connectivity index (χ3v) is 4.66. The molecular weight excluding hydrogens is 325 g/mol. The first-order chi connectivity index (χ1) is 10.0. The highest BCUT2D eigenvalue weighted by Crippen LogP contribution is 2.25. The Morgan fingerprint density at radius 3 is 2.23 bits per heavy atom. The number of halogens is 3. The lowest BCUT2D eigenvalue weighted by Gasteiger charge is -2.13. The summed E-state index contributed by atoms with van der Waals surface area (Å²) in [6.07, 6.45) is -4.16. The zero-order chi connectivity index (χ0) is 17.0. The van der Waals surface area contributed by atoms with Crippen LogP contribution in [0.15, 0.2) is 29.2 Å². The smallest absolute Gasteiger partial charge is 0.481 e. The van der Waals surface area contributed by atoms with Crippen molar-refractivity contribution in [3.8, 4) is 5.75 Å². The quantitative estimate of drug-likeness (QED) is 0.825. The van der Waals surface area contributed by atoms with Gasteiger partial charge in [-0.25, -0.2) is 8.42 Å². The summed E-state index contributed by atoms with van der Waals surface area (Å²) in [4.78, 5) is 10.8. The fraction of sp³-hybridized carbons (Fsp3) is 0.462. The van der Waals surface area contributed by atoms with Gasteiger partial charge in [-0.05, 0) is 30.7 Å². The van der Waals surface area contributed by atoms with Gasteiger partial charge in [-0.2, -0.15) is 0 Å². The summed E-state index contributed by atoms with van der Waals surface area (Å²) < 4.78 is 63.9. The van der Waals surface area contributed by atoms with Crippen molar-refractivity contribution >= 4 is 15.8 Å². The molecule has 1 rings (SSSR count). The van der Waals surface area contributed by atoms with Crippen molar-refractivity contribution in [1.82, 2.24) is 0 Å². The molecule has 124 valence electrons. The van der Waals surface area contributed by atoms with E-state index in [4.69, 9.17) is 5.11 Å². The summed E-state index contributed by atoms with van der Waals surface area (Å²) in [5, 5.41) is 8.98. The predicted octanol–water partition coefficient (Wildman–Crippen LogP) is 2.86. The van der Waals surface area contributed by atoms with Gasteiger partial charge in [0.2, 0.25) is 0 Å². The first kappa shape index (κ1) is 18.3. The Hall–Kier alpha value is -1.77. The highest BCUT2D eigenvalue weighted by atomic mass is 32.2. The van der Waals surface area contributed by atoms with Gasteiger partial charge in [0, 0.05) is 0 Å². The zero-order valence-corrected chi connectivity index (χ0v) is 12.4. The van der Waals surface area contributed by atoms with Crippen LogP contribution in [-0.4, -0.2) is 31.6 Å². The molecule has 1 atom stereocenters. The number of rotatable bonds is 7. The average Bonchev–Trinajstić information content (AvgIpc) is 2.36. The summed E-state index contributed by atoms with van der Waals surface area (Å²) in [6, 6.07) is 3.66. The molecule has 0 radical (unpaired) electrons. The van der Waals surface area contributed by atoms with Gasteiger partial charge < -0.3 is 9.84 Å². The largest absolute Gasteiger partial charge is 0.573 e. The fourth-order valence-corrected chi connectivity index (χ4v) is 3.42. The van der Waals surface area contributed by atoms with Gasteiger partial charge in [0.1, 0.15) is 5.75 Å². The van der Waals surface area contributed by atoms with Crippen molar-refractivity contribution in [3.63, 3.8) is 0 Å². The van der Waals surface area contributed by atoms with Crippen LogP contribution in [0.25, 0.3) is 0 Å². The Bertz CT molecular complexity index is 608. The molecule has 0 aromatic heterocycles. The first-order valence-electron chi connectivity index (χ1n) is 6.36. The number of carboxylic acids is 1. The van der Waals surface area contributed by atoms with E-state index in [1.807, 2.05) is 0 Å². The molecular formula is C13H15F3O5S. The number of carboxylic acid groups (broad SMARTS) is 1.